The van der Waals surface area contributed by atoms with E-state index in [0.29, 0.717) is 18.8 Å². The number of urea groups is 1. The molecule has 0 bridgehead atoms. The van der Waals surface area contributed by atoms with E-state index in [4.69, 9.17) is 0 Å². The van der Waals surface area contributed by atoms with Crippen molar-refractivity contribution in [2.45, 2.75) is 70.9 Å². The highest BCUT2D eigenvalue weighted by Crippen LogP contribution is 2.36. The zero-order valence-electron chi connectivity index (χ0n) is 14.0. The first-order valence-corrected chi connectivity index (χ1v) is 8.14. The van der Waals surface area contributed by atoms with Gasteiger partial charge in [-0.05, 0) is 51.9 Å². The third-order valence-electron chi connectivity index (χ3n) is 5.04. The molecule has 0 unspecified atom stereocenters. The molecule has 1 saturated carbocycles. The third kappa shape index (κ3) is 3.25. The molecule has 6 heteroatoms. The molecule has 2 rings (SSSR count). The van der Waals surface area contributed by atoms with Gasteiger partial charge in [-0.25, -0.2) is 4.79 Å². The van der Waals surface area contributed by atoms with Crippen LogP contribution in [-0.2, 0) is 9.59 Å². The first kappa shape index (κ1) is 16.8. The summed E-state index contributed by atoms with van der Waals surface area (Å²) in [6, 6.07) is -0.441. The second-order valence-electron chi connectivity index (χ2n) is 7.37. The summed E-state index contributed by atoms with van der Waals surface area (Å²) >= 11 is 0. The summed E-state index contributed by atoms with van der Waals surface area (Å²) in [6.07, 6.45) is 3.96. The van der Waals surface area contributed by atoms with Crippen molar-refractivity contribution in [2.24, 2.45) is 5.92 Å². The Balaban J connectivity index is 2.02. The van der Waals surface area contributed by atoms with Crippen molar-refractivity contribution in [3.63, 3.8) is 0 Å². The minimum atomic E-state index is -0.774. The highest BCUT2D eigenvalue weighted by atomic mass is 16.2. The summed E-state index contributed by atoms with van der Waals surface area (Å²) in [4.78, 5) is 37.9. The van der Waals surface area contributed by atoms with Gasteiger partial charge in [0.05, 0.1) is 0 Å². The Kier molecular flexibility index (Phi) is 4.49. The number of nitrogens with zero attached hydrogens (tertiary/aromatic N) is 1. The van der Waals surface area contributed by atoms with Crippen molar-refractivity contribution < 1.29 is 14.4 Å². The maximum Gasteiger partial charge on any atom is 0.325 e. The van der Waals surface area contributed by atoms with Crippen molar-refractivity contribution in [3.05, 3.63) is 0 Å². The molecule has 2 aliphatic rings. The normalized spacial score (nSPS) is 28.9. The van der Waals surface area contributed by atoms with E-state index >= 15 is 0 Å². The van der Waals surface area contributed by atoms with Crippen LogP contribution in [0, 0.1) is 5.92 Å². The number of hydrogen-bond acceptors (Lipinski definition) is 3. The predicted molar refractivity (Wildman–Crippen MR) is 83.1 cm³/mol. The van der Waals surface area contributed by atoms with E-state index in [1.807, 2.05) is 20.8 Å². The molecule has 4 amide bonds. The minimum Gasteiger partial charge on any atom is -0.350 e. The van der Waals surface area contributed by atoms with Crippen LogP contribution in [-0.4, -0.2) is 40.4 Å². The van der Waals surface area contributed by atoms with Gasteiger partial charge in [-0.3, -0.25) is 14.5 Å². The van der Waals surface area contributed by atoms with Crippen LogP contribution >= 0.6 is 0 Å². The summed E-state index contributed by atoms with van der Waals surface area (Å²) < 4.78 is 0. The SMILES string of the molecule is CCC(C)(C)NC(=O)CN1C(=O)NC2(CCC(C)CC2)C1=O. The Morgan fingerprint density at radius 3 is 2.50 bits per heavy atom. The van der Waals surface area contributed by atoms with E-state index in [-0.39, 0.29) is 23.9 Å². The van der Waals surface area contributed by atoms with Gasteiger partial charge in [0.15, 0.2) is 0 Å². The lowest BCUT2D eigenvalue weighted by molar-refractivity contribution is -0.136. The molecule has 1 aliphatic heterocycles. The van der Waals surface area contributed by atoms with Gasteiger partial charge >= 0.3 is 6.03 Å². The molecule has 22 heavy (non-hydrogen) atoms. The van der Waals surface area contributed by atoms with Gasteiger partial charge in [0.25, 0.3) is 5.91 Å². The van der Waals surface area contributed by atoms with E-state index < -0.39 is 11.6 Å². The lowest BCUT2D eigenvalue weighted by Crippen LogP contribution is -2.51. The predicted octanol–water partition coefficient (Wildman–Crippen LogP) is 1.79. The van der Waals surface area contributed by atoms with E-state index in [2.05, 4.69) is 17.6 Å². The molecule has 0 aromatic rings. The van der Waals surface area contributed by atoms with Crippen LogP contribution in [0.25, 0.3) is 0 Å². The fourth-order valence-electron chi connectivity index (χ4n) is 3.06. The zero-order valence-corrected chi connectivity index (χ0v) is 14.0. The average molecular weight is 309 g/mol. The number of carbonyl (C=O) groups excluding carboxylic acids is 3. The summed E-state index contributed by atoms with van der Waals surface area (Å²) in [5.74, 6) is 0.0449. The van der Waals surface area contributed by atoms with E-state index in [1.165, 1.54) is 0 Å². The Morgan fingerprint density at radius 2 is 1.95 bits per heavy atom. The van der Waals surface area contributed by atoms with Crippen LogP contribution in [0.15, 0.2) is 0 Å². The quantitative estimate of drug-likeness (QED) is 0.777. The molecule has 1 spiro atoms. The summed E-state index contributed by atoms with van der Waals surface area (Å²) in [7, 11) is 0. The number of imide groups is 1. The number of hydrogen-bond donors (Lipinski definition) is 2. The summed E-state index contributed by atoms with van der Waals surface area (Å²) in [6.45, 7) is 7.77. The molecule has 1 heterocycles. The molecule has 1 aliphatic carbocycles. The number of rotatable bonds is 4. The molecule has 0 radical (unpaired) electrons. The number of carbonyl (C=O) groups is 3. The van der Waals surface area contributed by atoms with Crippen LogP contribution in [0.4, 0.5) is 4.79 Å². The fourth-order valence-corrected chi connectivity index (χ4v) is 3.06. The van der Waals surface area contributed by atoms with E-state index in [0.717, 1.165) is 24.2 Å². The highest BCUT2D eigenvalue weighted by Gasteiger charge is 2.52. The Labute approximate surface area is 132 Å². The molecule has 1 saturated heterocycles. The van der Waals surface area contributed by atoms with Crippen LogP contribution < -0.4 is 10.6 Å². The maximum absolute atomic E-state index is 12.6. The van der Waals surface area contributed by atoms with Crippen molar-refractivity contribution >= 4 is 17.8 Å². The van der Waals surface area contributed by atoms with Gasteiger partial charge in [-0.1, -0.05) is 13.8 Å². The lowest BCUT2D eigenvalue weighted by atomic mass is 9.77. The molecule has 0 aromatic heterocycles. The van der Waals surface area contributed by atoms with Crippen LogP contribution in [0.3, 0.4) is 0 Å². The van der Waals surface area contributed by atoms with Crippen LogP contribution in [0.1, 0.15) is 59.8 Å². The average Bonchev–Trinajstić information content (AvgIpc) is 2.66. The minimum absolute atomic E-state index is 0.203. The topological polar surface area (TPSA) is 78.5 Å². The standard InChI is InChI=1S/C16H27N3O3/c1-5-15(3,4)17-12(20)10-19-13(21)16(18-14(19)22)8-6-11(2)7-9-16/h11H,5-10H2,1-4H3,(H,17,20)(H,18,22). The fraction of sp³-hybridized carbons (Fsp3) is 0.812. The second kappa shape index (κ2) is 5.89. The van der Waals surface area contributed by atoms with Crippen molar-refractivity contribution in [2.75, 3.05) is 6.54 Å². The van der Waals surface area contributed by atoms with Gasteiger partial charge in [-0.15, -0.1) is 0 Å². The van der Waals surface area contributed by atoms with E-state index in [9.17, 15) is 14.4 Å². The lowest BCUT2D eigenvalue weighted by Gasteiger charge is -2.33. The third-order valence-corrected chi connectivity index (χ3v) is 5.04. The molecule has 0 aromatic carbocycles. The molecule has 2 fully saturated rings. The van der Waals surface area contributed by atoms with Gasteiger partial charge in [-0.2, -0.15) is 0 Å². The van der Waals surface area contributed by atoms with E-state index in [1.54, 1.807) is 0 Å². The second-order valence-corrected chi connectivity index (χ2v) is 7.37. The van der Waals surface area contributed by atoms with Crippen molar-refractivity contribution in [1.82, 2.24) is 15.5 Å². The highest BCUT2D eigenvalue weighted by molar-refractivity contribution is 6.09. The van der Waals surface area contributed by atoms with Gasteiger partial charge in [0.1, 0.15) is 12.1 Å². The Bertz CT molecular complexity index is 479. The Hall–Kier alpha value is -1.59. The Morgan fingerprint density at radius 1 is 1.36 bits per heavy atom. The van der Waals surface area contributed by atoms with Gasteiger partial charge in [0, 0.05) is 5.54 Å². The molecular formula is C16H27N3O3. The molecule has 6 nitrogen and oxygen atoms in total. The molecule has 2 N–H and O–H groups in total. The van der Waals surface area contributed by atoms with Crippen LogP contribution in [0.5, 0.6) is 0 Å². The zero-order chi connectivity index (χ0) is 16.5. The van der Waals surface area contributed by atoms with Crippen LogP contribution in [0.2, 0.25) is 0 Å². The largest absolute Gasteiger partial charge is 0.350 e. The number of nitrogens with one attached hydrogen (secondary N) is 2. The van der Waals surface area contributed by atoms with Crippen molar-refractivity contribution in [3.8, 4) is 0 Å². The molecule has 124 valence electrons. The molecule has 0 atom stereocenters. The van der Waals surface area contributed by atoms with Gasteiger partial charge in [0.2, 0.25) is 5.91 Å². The smallest absolute Gasteiger partial charge is 0.325 e. The van der Waals surface area contributed by atoms with Crippen molar-refractivity contribution in [1.29, 1.82) is 0 Å². The van der Waals surface area contributed by atoms with Gasteiger partial charge < -0.3 is 10.6 Å². The summed E-state index contributed by atoms with van der Waals surface area (Å²) in [5, 5.41) is 5.69. The first-order chi connectivity index (χ1) is 10.2. The monoisotopic (exact) mass is 309 g/mol. The summed E-state index contributed by atoms with van der Waals surface area (Å²) in [5.41, 5.74) is -1.11. The maximum atomic E-state index is 12.6. The molecular weight excluding hydrogens is 282 g/mol. The first-order valence-electron chi connectivity index (χ1n) is 8.14. The number of amides is 4.